The molecule has 0 amide bonds. The molecule has 286 valence electrons. The van der Waals surface area contributed by atoms with Crippen molar-refractivity contribution in [3.8, 4) is 0 Å². The third kappa shape index (κ3) is 7.42. The van der Waals surface area contributed by atoms with Crippen LogP contribution in [0.4, 0.5) is 22.0 Å². The van der Waals surface area contributed by atoms with E-state index in [9.17, 15) is 4.39 Å². The van der Waals surface area contributed by atoms with Crippen LogP contribution < -0.4 is 10.4 Å². The summed E-state index contributed by atoms with van der Waals surface area (Å²) in [5.41, 5.74) is 2.51. The second-order valence-corrected chi connectivity index (χ2v) is 20.6. The first kappa shape index (κ1) is 38.4. The van der Waals surface area contributed by atoms with Crippen LogP contribution in [-0.2, 0) is 17.3 Å². The van der Waals surface area contributed by atoms with Crippen molar-refractivity contribution < 1.29 is 26.4 Å². The number of rotatable bonds is 13. The maximum atomic E-state index is 16.8. The Hall–Kier alpha value is -3.83. The quantitative estimate of drug-likeness (QED) is 0.0963. The number of likely N-dealkylation sites (tertiary alicyclic amines) is 1. The van der Waals surface area contributed by atoms with E-state index in [4.69, 9.17) is 4.43 Å². The molecule has 1 aromatic heterocycles. The van der Waals surface area contributed by atoms with Gasteiger partial charge in [-0.3, -0.25) is 9.29 Å². The number of aromatic amines is 1. The Bertz CT molecular complexity index is 1980. The smallest absolute Gasteiger partial charge is 0.282 e. The van der Waals surface area contributed by atoms with Gasteiger partial charge in [0.15, 0.2) is 0 Å². The molecule has 10 heteroatoms. The Morgan fingerprint density at radius 2 is 1.44 bits per heavy atom. The Morgan fingerprint density at radius 1 is 0.852 bits per heavy atom. The normalized spacial score (nSPS) is 18.9. The van der Waals surface area contributed by atoms with Gasteiger partial charge >= 0.3 is 0 Å². The maximum absolute atomic E-state index is 16.8. The molecule has 3 heterocycles. The summed E-state index contributed by atoms with van der Waals surface area (Å²) in [6, 6.07) is 28.1. The number of nitrogens with zero attached hydrogens (tertiary/aromatic N) is 2. The number of halogens is 5. The van der Waals surface area contributed by atoms with E-state index in [-0.39, 0.29) is 18.2 Å². The van der Waals surface area contributed by atoms with Crippen LogP contribution >= 0.6 is 0 Å². The largest absolute Gasteiger partial charge is 0.401 e. The number of H-pyrrole nitrogens is 1. The van der Waals surface area contributed by atoms with Crippen LogP contribution in [-0.4, -0.2) is 74.5 Å². The minimum absolute atomic E-state index is 0.218. The Labute approximate surface area is 316 Å². The highest BCUT2D eigenvalue weighted by Gasteiger charge is 2.52. The van der Waals surface area contributed by atoms with Crippen LogP contribution in [0.2, 0.25) is 5.04 Å². The molecule has 0 saturated carbocycles. The van der Waals surface area contributed by atoms with Crippen LogP contribution in [0.25, 0.3) is 10.9 Å². The van der Waals surface area contributed by atoms with Gasteiger partial charge < -0.3 is 14.3 Å². The number of benzene rings is 4. The lowest BCUT2D eigenvalue weighted by Crippen LogP contribution is -2.67. The topological polar surface area (TPSA) is 31.5 Å². The van der Waals surface area contributed by atoms with Gasteiger partial charge in [-0.1, -0.05) is 99.6 Å². The monoisotopic (exact) mass is 759 g/mol. The Balaban J connectivity index is 1.23. The van der Waals surface area contributed by atoms with Crippen LogP contribution in [0.15, 0.2) is 97.1 Å². The van der Waals surface area contributed by atoms with Crippen molar-refractivity contribution in [3.63, 3.8) is 0 Å². The summed E-state index contributed by atoms with van der Waals surface area (Å²) in [5.74, 6) is -4.66. The van der Waals surface area contributed by atoms with E-state index >= 15 is 17.6 Å². The second kappa shape index (κ2) is 15.4. The van der Waals surface area contributed by atoms with E-state index < -0.39 is 56.1 Å². The third-order valence-corrected chi connectivity index (χ3v) is 16.4. The molecule has 5 aromatic rings. The van der Waals surface area contributed by atoms with E-state index in [0.717, 1.165) is 39.9 Å². The van der Waals surface area contributed by atoms with E-state index in [1.807, 2.05) is 113 Å². The van der Waals surface area contributed by atoms with Gasteiger partial charge in [0, 0.05) is 47.8 Å². The highest BCUT2D eigenvalue weighted by molar-refractivity contribution is 6.99. The van der Waals surface area contributed by atoms with Crippen LogP contribution in [0, 0.1) is 17.6 Å². The first-order valence-electron chi connectivity index (χ1n) is 19.1. The zero-order valence-electron chi connectivity index (χ0n) is 31.5. The van der Waals surface area contributed by atoms with E-state index in [1.54, 1.807) is 4.90 Å². The number of nitrogens with one attached hydrogen (secondary N) is 1. The zero-order valence-corrected chi connectivity index (χ0v) is 32.5. The average Bonchev–Trinajstić information content (AvgIpc) is 3.48. The lowest BCUT2D eigenvalue weighted by Gasteiger charge is -2.45. The van der Waals surface area contributed by atoms with Gasteiger partial charge in [-0.05, 0) is 76.8 Å². The van der Waals surface area contributed by atoms with E-state index in [1.165, 1.54) is 12.1 Å². The van der Waals surface area contributed by atoms with Gasteiger partial charge in [-0.25, -0.2) is 17.6 Å². The van der Waals surface area contributed by atoms with Gasteiger partial charge in [-0.15, -0.1) is 0 Å². The van der Waals surface area contributed by atoms with Crippen LogP contribution in [0.1, 0.15) is 62.5 Å². The summed E-state index contributed by atoms with van der Waals surface area (Å²) in [6.07, 6.45) is 1.39. The molecule has 0 unspecified atom stereocenters. The standard InChI is InChI=1S/C44H50F5N3OSi/c1-30-22-36-35-18-11-12-19-39(35)50-41(36)42(40-37(46)24-31(25-38(40)47)23-32-26-51(27-32)21-13-20-45)52(30)28-44(48,49)29-53-54(43(2,3)4,33-14-7-5-8-15-33)34-16-9-6-10-17-34/h5-12,14-19,24-25,30,32,42,50H,13,20-23,26-29H2,1-4H3/t30-,42-/m1/s1. The summed E-state index contributed by atoms with van der Waals surface area (Å²) >= 11 is 0. The molecule has 4 nitrogen and oxygen atoms in total. The molecule has 1 N–H and O–H groups in total. The van der Waals surface area contributed by atoms with Crippen molar-refractivity contribution in [2.45, 2.75) is 70.0 Å². The Kier molecular flexibility index (Phi) is 10.9. The maximum Gasteiger partial charge on any atom is 0.282 e. The molecule has 2 atom stereocenters. The number of alkyl halides is 3. The molecule has 2 aliphatic rings. The molecular weight excluding hydrogens is 710 g/mol. The summed E-state index contributed by atoms with van der Waals surface area (Å²) in [4.78, 5) is 7.08. The predicted octanol–water partition coefficient (Wildman–Crippen LogP) is 8.83. The lowest BCUT2D eigenvalue weighted by atomic mass is 9.86. The first-order chi connectivity index (χ1) is 25.8. The average molecular weight is 760 g/mol. The number of hydrogen-bond donors (Lipinski definition) is 1. The number of aromatic nitrogens is 1. The molecule has 0 spiro atoms. The van der Waals surface area contributed by atoms with Gasteiger partial charge in [0.2, 0.25) is 0 Å². The fraction of sp³-hybridized carbons (Fsp3) is 0.409. The molecule has 4 aromatic carbocycles. The number of hydrogen-bond acceptors (Lipinski definition) is 3. The summed E-state index contributed by atoms with van der Waals surface area (Å²) in [7, 11) is -3.29. The lowest BCUT2D eigenvalue weighted by molar-refractivity contribution is -0.0825. The van der Waals surface area contributed by atoms with Gasteiger partial charge in [-0.2, -0.15) is 0 Å². The first-order valence-corrected chi connectivity index (χ1v) is 21.0. The predicted molar refractivity (Wildman–Crippen MR) is 209 cm³/mol. The summed E-state index contributed by atoms with van der Waals surface area (Å²) in [5, 5.41) is 2.20. The van der Waals surface area contributed by atoms with Gasteiger partial charge in [0.25, 0.3) is 14.2 Å². The molecule has 0 aliphatic carbocycles. The van der Waals surface area contributed by atoms with Crippen molar-refractivity contribution in [1.29, 1.82) is 0 Å². The SMILES string of the molecule is C[C@@H]1Cc2c([nH]c3ccccc23)[C@@H](c2c(F)cc(CC3CN(CCCF)C3)cc2F)N1CC(F)(F)CO[Si](c1ccccc1)(c1ccccc1)C(C)(C)C. The van der Waals surface area contributed by atoms with Gasteiger partial charge in [0.1, 0.15) is 11.6 Å². The number of para-hydroxylation sites is 1. The molecule has 1 saturated heterocycles. The molecule has 0 bridgehead atoms. The fourth-order valence-corrected chi connectivity index (χ4v) is 13.6. The van der Waals surface area contributed by atoms with Crippen molar-refractivity contribution >= 4 is 29.6 Å². The molecule has 2 aliphatic heterocycles. The molecule has 0 radical (unpaired) electrons. The van der Waals surface area contributed by atoms with Crippen molar-refractivity contribution in [2.75, 3.05) is 39.5 Å². The van der Waals surface area contributed by atoms with Gasteiger partial charge in [0.05, 0.1) is 25.9 Å². The summed E-state index contributed by atoms with van der Waals surface area (Å²) in [6.45, 7) is 8.17. The minimum atomic E-state index is -3.38. The number of fused-ring (bicyclic) bond motifs is 3. The highest BCUT2D eigenvalue weighted by atomic mass is 28.4. The zero-order chi connectivity index (χ0) is 38.3. The Morgan fingerprint density at radius 3 is 2.04 bits per heavy atom. The third-order valence-electron chi connectivity index (χ3n) is 11.4. The van der Waals surface area contributed by atoms with Crippen LogP contribution in [0.5, 0.6) is 0 Å². The van der Waals surface area contributed by atoms with E-state index in [0.29, 0.717) is 37.1 Å². The minimum Gasteiger partial charge on any atom is -0.401 e. The van der Waals surface area contributed by atoms with Crippen molar-refractivity contribution in [2.24, 2.45) is 5.92 Å². The van der Waals surface area contributed by atoms with Crippen molar-refractivity contribution in [3.05, 3.63) is 131 Å². The molecule has 54 heavy (non-hydrogen) atoms. The van der Waals surface area contributed by atoms with Crippen molar-refractivity contribution in [1.82, 2.24) is 14.8 Å². The summed E-state index contributed by atoms with van der Waals surface area (Å²) < 4.78 is 85.9. The fourth-order valence-electron chi connectivity index (χ4n) is 8.97. The molecule has 1 fully saturated rings. The molecular formula is C44H50F5N3OSi. The van der Waals surface area contributed by atoms with Crippen LogP contribution in [0.3, 0.4) is 0 Å². The second-order valence-electron chi connectivity index (χ2n) is 16.3. The highest BCUT2D eigenvalue weighted by Crippen LogP contribution is 2.44. The van der Waals surface area contributed by atoms with E-state index in [2.05, 4.69) is 9.88 Å². The molecule has 7 rings (SSSR count).